The van der Waals surface area contributed by atoms with E-state index in [0.29, 0.717) is 17.8 Å². The van der Waals surface area contributed by atoms with Crippen molar-refractivity contribution in [1.29, 1.82) is 0 Å². The molecule has 6 heteroatoms. The zero-order chi connectivity index (χ0) is 12.4. The lowest BCUT2D eigenvalue weighted by Crippen LogP contribution is -2.23. The van der Waals surface area contributed by atoms with Crippen molar-refractivity contribution in [1.82, 2.24) is 19.6 Å². The van der Waals surface area contributed by atoms with Gasteiger partial charge in [0.2, 0.25) is 5.78 Å². The van der Waals surface area contributed by atoms with Crippen LogP contribution in [-0.2, 0) is 13.6 Å². The second kappa shape index (κ2) is 4.50. The number of aryl methyl sites for hydroxylation is 2. The van der Waals surface area contributed by atoms with E-state index in [1.54, 1.807) is 41.1 Å². The molecule has 2 N–H and O–H groups in total. The second-order valence-corrected chi connectivity index (χ2v) is 3.82. The van der Waals surface area contributed by atoms with Crippen LogP contribution in [0.15, 0.2) is 24.7 Å². The third-order valence-electron chi connectivity index (χ3n) is 2.63. The largest absolute Gasteiger partial charge is 0.317 e. The van der Waals surface area contributed by atoms with Crippen LogP contribution in [0.2, 0.25) is 0 Å². The van der Waals surface area contributed by atoms with E-state index in [0.717, 1.165) is 0 Å². The SMILES string of the molecule is CCn1nccc1C(=O)C(N)c1cnn(C)c1. The first-order valence-corrected chi connectivity index (χ1v) is 5.43. The summed E-state index contributed by atoms with van der Waals surface area (Å²) < 4.78 is 3.26. The normalized spacial score (nSPS) is 12.6. The number of aromatic nitrogens is 4. The summed E-state index contributed by atoms with van der Waals surface area (Å²) in [7, 11) is 1.79. The molecule has 0 aromatic carbocycles. The molecule has 6 nitrogen and oxygen atoms in total. The smallest absolute Gasteiger partial charge is 0.202 e. The summed E-state index contributed by atoms with van der Waals surface area (Å²) in [5, 5.41) is 8.06. The molecule has 17 heavy (non-hydrogen) atoms. The quantitative estimate of drug-likeness (QED) is 0.781. The van der Waals surface area contributed by atoms with Crippen molar-refractivity contribution in [2.75, 3.05) is 0 Å². The van der Waals surface area contributed by atoms with E-state index in [-0.39, 0.29) is 5.78 Å². The predicted molar refractivity (Wildman–Crippen MR) is 62.4 cm³/mol. The van der Waals surface area contributed by atoms with E-state index < -0.39 is 6.04 Å². The van der Waals surface area contributed by atoms with E-state index in [2.05, 4.69) is 10.2 Å². The maximum atomic E-state index is 12.2. The Kier molecular flexibility index (Phi) is 3.06. The molecule has 0 aliphatic heterocycles. The zero-order valence-corrected chi connectivity index (χ0v) is 9.87. The zero-order valence-electron chi connectivity index (χ0n) is 9.87. The number of carbonyl (C=O) groups excluding carboxylic acids is 1. The van der Waals surface area contributed by atoms with Crippen LogP contribution in [-0.4, -0.2) is 25.3 Å². The number of rotatable bonds is 4. The van der Waals surface area contributed by atoms with Crippen molar-refractivity contribution in [2.24, 2.45) is 12.8 Å². The van der Waals surface area contributed by atoms with Gasteiger partial charge in [-0.25, -0.2) is 0 Å². The molecule has 0 radical (unpaired) electrons. The molecule has 0 bridgehead atoms. The summed E-state index contributed by atoms with van der Waals surface area (Å²) in [6.45, 7) is 2.58. The van der Waals surface area contributed by atoms with Crippen LogP contribution in [0.4, 0.5) is 0 Å². The lowest BCUT2D eigenvalue weighted by atomic mass is 10.1. The summed E-state index contributed by atoms with van der Waals surface area (Å²) in [5.74, 6) is -0.141. The summed E-state index contributed by atoms with van der Waals surface area (Å²) in [4.78, 5) is 12.2. The summed E-state index contributed by atoms with van der Waals surface area (Å²) in [6.07, 6.45) is 4.96. The molecule has 1 atom stereocenters. The highest BCUT2D eigenvalue weighted by atomic mass is 16.1. The summed E-state index contributed by atoms with van der Waals surface area (Å²) in [5.41, 5.74) is 7.16. The van der Waals surface area contributed by atoms with Crippen molar-refractivity contribution < 1.29 is 4.79 Å². The highest BCUT2D eigenvalue weighted by molar-refractivity contribution is 5.99. The molecule has 0 saturated heterocycles. The van der Waals surface area contributed by atoms with Gasteiger partial charge in [-0.3, -0.25) is 14.2 Å². The highest BCUT2D eigenvalue weighted by Crippen LogP contribution is 2.15. The number of hydrogen-bond donors (Lipinski definition) is 1. The van der Waals surface area contributed by atoms with E-state index in [9.17, 15) is 4.79 Å². The maximum Gasteiger partial charge on any atom is 0.202 e. The van der Waals surface area contributed by atoms with E-state index in [1.165, 1.54) is 0 Å². The van der Waals surface area contributed by atoms with Crippen molar-refractivity contribution in [3.8, 4) is 0 Å². The molecule has 0 aliphatic rings. The Morgan fingerprint density at radius 1 is 1.53 bits per heavy atom. The van der Waals surface area contributed by atoms with Crippen LogP contribution in [0, 0.1) is 0 Å². The van der Waals surface area contributed by atoms with Gasteiger partial charge in [0.05, 0.1) is 12.2 Å². The van der Waals surface area contributed by atoms with Gasteiger partial charge in [-0.2, -0.15) is 10.2 Å². The fourth-order valence-electron chi connectivity index (χ4n) is 1.71. The molecule has 0 saturated carbocycles. The molecule has 1 unspecified atom stereocenters. The molecule has 2 heterocycles. The first kappa shape index (κ1) is 11.5. The summed E-state index contributed by atoms with van der Waals surface area (Å²) >= 11 is 0. The van der Waals surface area contributed by atoms with Gasteiger partial charge in [0.1, 0.15) is 5.69 Å². The molecule has 90 valence electrons. The minimum atomic E-state index is -0.689. The lowest BCUT2D eigenvalue weighted by Gasteiger charge is -2.09. The Balaban J connectivity index is 2.26. The fourth-order valence-corrected chi connectivity index (χ4v) is 1.71. The Morgan fingerprint density at radius 3 is 2.88 bits per heavy atom. The third kappa shape index (κ3) is 2.12. The minimum absolute atomic E-state index is 0.141. The number of hydrogen-bond acceptors (Lipinski definition) is 4. The van der Waals surface area contributed by atoms with Crippen molar-refractivity contribution >= 4 is 5.78 Å². The predicted octanol–water partition coefficient (Wildman–Crippen LogP) is 0.519. The van der Waals surface area contributed by atoms with Crippen LogP contribution >= 0.6 is 0 Å². The van der Waals surface area contributed by atoms with Crippen LogP contribution in [0.5, 0.6) is 0 Å². The van der Waals surface area contributed by atoms with Crippen LogP contribution in [0.3, 0.4) is 0 Å². The Hall–Kier alpha value is -1.95. The molecule has 2 aromatic heterocycles. The topological polar surface area (TPSA) is 78.7 Å². The van der Waals surface area contributed by atoms with Gasteiger partial charge < -0.3 is 5.73 Å². The van der Waals surface area contributed by atoms with Gasteiger partial charge in [-0.05, 0) is 13.0 Å². The van der Waals surface area contributed by atoms with Gasteiger partial charge in [0, 0.05) is 31.5 Å². The highest BCUT2D eigenvalue weighted by Gasteiger charge is 2.21. The first-order chi connectivity index (χ1) is 8.13. The number of ketones is 1. The van der Waals surface area contributed by atoms with Gasteiger partial charge >= 0.3 is 0 Å². The van der Waals surface area contributed by atoms with Crippen LogP contribution < -0.4 is 5.73 Å². The average molecular weight is 233 g/mol. The Labute approximate surface area is 99.0 Å². The average Bonchev–Trinajstić information content (AvgIpc) is 2.95. The Morgan fingerprint density at radius 2 is 2.29 bits per heavy atom. The van der Waals surface area contributed by atoms with Gasteiger partial charge in [0.25, 0.3) is 0 Å². The fraction of sp³-hybridized carbons (Fsp3) is 0.364. The maximum absolute atomic E-state index is 12.2. The van der Waals surface area contributed by atoms with Crippen LogP contribution in [0.1, 0.15) is 29.0 Å². The number of Topliss-reactive ketones (excluding diaryl/α,β-unsaturated/α-hetero) is 1. The molecular formula is C11H15N5O. The van der Waals surface area contributed by atoms with Crippen molar-refractivity contribution in [3.63, 3.8) is 0 Å². The minimum Gasteiger partial charge on any atom is -0.317 e. The number of nitrogens with zero attached hydrogens (tertiary/aromatic N) is 4. The molecule has 0 fully saturated rings. The van der Waals surface area contributed by atoms with Crippen molar-refractivity contribution in [3.05, 3.63) is 35.9 Å². The van der Waals surface area contributed by atoms with Crippen molar-refractivity contribution in [2.45, 2.75) is 19.5 Å². The van der Waals surface area contributed by atoms with E-state index in [4.69, 9.17) is 5.73 Å². The second-order valence-electron chi connectivity index (χ2n) is 3.82. The number of carbonyl (C=O) groups is 1. The van der Waals surface area contributed by atoms with Gasteiger partial charge in [0.15, 0.2) is 0 Å². The van der Waals surface area contributed by atoms with E-state index in [1.807, 2.05) is 6.92 Å². The third-order valence-corrected chi connectivity index (χ3v) is 2.63. The van der Waals surface area contributed by atoms with E-state index >= 15 is 0 Å². The lowest BCUT2D eigenvalue weighted by molar-refractivity contribution is 0.0950. The molecule has 0 aliphatic carbocycles. The van der Waals surface area contributed by atoms with Gasteiger partial charge in [-0.1, -0.05) is 0 Å². The summed E-state index contributed by atoms with van der Waals surface area (Å²) in [6, 6.07) is 0.993. The molecule has 2 aromatic rings. The number of nitrogens with two attached hydrogens (primary N) is 1. The molecule has 2 rings (SSSR count). The first-order valence-electron chi connectivity index (χ1n) is 5.43. The Bertz CT molecular complexity index is 527. The molecule has 0 spiro atoms. The molecular weight excluding hydrogens is 218 g/mol. The monoisotopic (exact) mass is 233 g/mol. The molecule has 0 amide bonds. The van der Waals surface area contributed by atoms with Gasteiger partial charge in [-0.15, -0.1) is 0 Å². The standard InChI is InChI=1S/C11H15N5O/c1-3-16-9(4-5-13-16)11(17)10(12)8-6-14-15(2)7-8/h4-7,10H,3,12H2,1-2H3. The van der Waals surface area contributed by atoms with Crippen LogP contribution in [0.25, 0.3) is 0 Å².